The Labute approximate surface area is 165 Å². The van der Waals surface area contributed by atoms with E-state index in [1.165, 1.54) is 17.4 Å². The molecule has 6 nitrogen and oxygen atoms in total. The number of rotatable bonds is 8. The minimum atomic E-state index is -0.404. The van der Waals surface area contributed by atoms with Crippen LogP contribution in [0, 0.1) is 5.82 Å². The number of nitrogens with zero attached hydrogens (tertiary/aromatic N) is 1. The number of para-hydroxylation sites is 1. The smallest absolute Gasteiger partial charge is 0.258 e. The van der Waals surface area contributed by atoms with Crippen LogP contribution in [0.25, 0.3) is 0 Å². The van der Waals surface area contributed by atoms with Crippen molar-refractivity contribution in [2.24, 2.45) is 0 Å². The van der Waals surface area contributed by atoms with Gasteiger partial charge >= 0.3 is 0 Å². The number of carbonyl (C=O) groups is 2. The average Bonchev–Trinajstić information content (AvgIpc) is 3.14. The number of amides is 2. The maximum Gasteiger partial charge on any atom is 0.258 e. The Morgan fingerprint density at radius 3 is 2.57 bits per heavy atom. The quantitative estimate of drug-likeness (QED) is 0.610. The van der Waals surface area contributed by atoms with Gasteiger partial charge in [-0.2, -0.15) is 0 Å². The lowest BCUT2D eigenvalue weighted by Gasteiger charge is -2.07. The molecule has 0 aliphatic heterocycles. The molecule has 0 saturated carbocycles. The van der Waals surface area contributed by atoms with Crippen molar-refractivity contribution >= 4 is 28.3 Å². The van der Waals surface area contributed by atoms with Crippen molar-refractivity contribution in [1.29, 1.82) is 0 Å². The second-order valence-electron chi connectivity index (χ2n) is 5.83. The number of hydrogen-bond donors (Lipinski definition) is 2. The van der Waals surface area contributed by atoms with Gasteiger partial charge in [0.1, 0.15) is 11.6 Å². The Kier molecular flexibility index (Phi) is 6.69. The van der Waals surface area contributed by atoms with Crippen LogP contribution in [-0.2, 0) is 16.0 Å². The molecule has 144 valence electrons. The minimum Gasteiger partial charge on any atom is -0.484 e. The van der Waals surface area contributed by atoms with Gasteiger partial charge in [0.25, 0.3) is 5.91 Å². The van der Waals surface area contributed by atoms with Crippen molar-refractivity contribution in [2.75, 3.05) is 18.5 Å². The predicted octanol–water partition coefficient (Wildman–Crippen LogP) is 3.01. The van der Waals surface area contributed by atoms with Gasteiger partial charge in [-0.3, -0.25) is 9.59 Å². The van der Waals surface area contributed by atoms with E-state index >= 15 is 0 Å². The molecule has 3 rings (SSSR count). The van der Waals surface area contributed by atoms with Gasteiger partial charge in [-0.15, -0.1) is 11.3 Å². The molecule has 0 aliphatic carbocycles. The normalized spacial score (nSPS) is 10.3. The van der Waals surface area contributed by atoms with E-state index in [4.69, 9.17) is 4.74 Å². The molecule has 0 radical (unpaired) electrons. The van der Waals surface area contributed by atoms with E-state index < -0.39 is 11.8 Å². The number of nitrogens with one attached hydrogen (secondary N) is 2. The standard InChI is InChI=1S/C20H18FN3O3S/c21-17-9-5-4-6-14(17)10-16-11-23-20(28-16)24-18(25)12-22-19(26)13-27-15-7-2-1-3-8-15/h1-9,11H,10,12-13H2,(H,22,26)(H,23,24,25). The van der Waals surface area contributed by atoms with Crippen LogP contribution in [0.4, 0.5) is 9.52 Å². The molecule has 2 N–H and O–H groups in total. The van der Waals surface area contributed by atoms with Gasteiger partial charge in [0.15, 0.2) is 11.7 Å². The van der Waals surface area contributed by atoms with Gasteiger partial charge in [0.2, 0.25) is 5.91 Å². The first-order chi connectivity index (χ1) is 13.6. The molecule has 2 aromatic carbocycles. The maximum atomic E-state index is 13.7. The van der Waals surface area contributed by atoms with Crippen molar-refractivity contribution in [3.8, 4) is 5.75 Å². The van der Waals surface area contributed by atoms with Gasteiger partial charge in [0.05, 0.1) is 6.54 Å². The van der Waals surface area contributed by atoms with Crippen LogP contribution in [0.2, 0.25) is 0 Å². The van der Waals surface area contributed by atoms with E-state index in [0.717, 1.165) is 4.88 Å². The van der Waals surface area contributed by atoms with E-state index in [9.17, 15) is 14.0 Å². The highest BCUT2D eigenvalue weighted by atomic mass is 32.1. The lowest BCUT2D eigenvalue weighted by Crippen LogP contribution is -2.35. The number of hydrogen-bond acceptors (Lipinski definition) is 5. The van der Waals surface area contributed by atoms with Crippen LogP contribution in [0.1, 0.15) is 10.4 Å². The van der Waals surface area contributed by atoms with Crippen LogP contribution in [0.3, 0.4) is 0 Å². The number of carbonyl (C=O) groups excluding carboxylic acids is 2. The van der Waals surface area contributed by atoms with Crippen LogP contribution >= 0.6 is 11.3 Å². The minimum absolute atomic E-state index is 0.179. The maximum absolute atomic E-state index is 13.7. The summed E-state index contributed by atoms with van der Waals surface area (Å²) in [6, 6.07) is 15.4. The first kappa shape index (κ1) is 19.5. The van der Waals surface area contributed by atoms with Gasteiger partial charge < -0.3 is 15.4 Å². The average molecular weight is 399 g/mol. The highest BCUT2D eigenvalue weighted by Crippen LogP contribution is 2.22. The molecule has 0 bridgehead atoms. The number of thiazole rings is 1. The summed E-state index contributed by atoms with van der Waals surface area (Å²) in [6.07, 6.45) is 1.99. The van der Waals surface area contributed by atoms with E-state index in [-0.39, 0.29) is 19.0 Å². The lowest BCUT2D eigenvalue weighted by molar-refractivity contribution is -0.125. The SMILES string of the molecule is O=C(COc1ccccc1)NCC(=O)Nc1ncc(Cc2ccccc2F)s1. The van der Waals surface area contributed by atoms with Crippen molar-refractivity contribution in [3.05, 3.63) is 77.1 Å². The van der Waals surface area contributed by atoms with Gasteiger partial charge in [0, 0.05) is 17.5 Å². The Morgan fingerprint density at radius 2 is 1.79 bits per heavy atom. The molecule has 1 heterocycles. The predicted molar refractivity (Wildman–Crippen MR) is 105 cm³/mol. The summed E-state index contributed by atoms with van der Waals surface area (Å²) < 4.78 is 19.0. The van der Waals surface area contributed by atoms with Crippen molar-refractivity contribution in [1.82, 2.24) is 10.3 Å². The second kappa shape index (κ2) is 9.61. The van der Waals surface area contributed by atoms with E-state index in [1.54, 1.807) is 48.7 Å². The van der Waals surface area contributed by atoms with E-state index in [2.05, 4.69) is 15.6 Å². The monoisotopic (exact) mass is 399 g/mol. The molecule has 1 aromatic heterocycles. The summed E-state index contributed by atoms with van der Waals surface area (Å²) in [5, 5.41) is 5.48. The fourth-order valence-corrected chi connectivity index (χ4v) is 3.19. The first-order valence-electron chi connectivity index (χ1n) is 8.52. The lowest BCUT2D eigenvalue weighted by atomic mass is 10.1. The van der Waals surface area contributed by atoms with E-state index in [1.807, 2.05) is 6.07 Å². The number of benzene rings is 2. The molecule has 8 heteroatoms. The number of ether oxygens (including phenoxy) is 1. The summed E-state index contributed by atoms with van der Waals surface area (Å²) in [5.74, 6) is -0.507. The second-order valence-corrected chi connectivity index (χ2v) is 6.94. The van der Waals surface area contributed by atoms with Gasteiger partial charge in [-0.25, -0.2) is 9.37 Å². The Bertz CT molecular complexity index is 947. The molecular formula is C20H18FN3O3S. The molecule has 0 spiro atoms. The molecule has 28 heavy (non-hydrogen) atoms. The van der Waals surface area contributed by atoms with Crippen molar-refractivity contribution in [2.45, 2.75) is 6.42 Å². The Morgan fingerprint density at radius 1 is 1.04 bits per heavy atom. The van der Waals surface area contributed by atoms with Crippen LogP contribution in [-0.4, -0.2) is 29.9 Å². The third-order valence-corrected chi connectivity index (χ3v) is 4.59. The zero-order valence-corrected chi connectivity index (χ0v) is 15.7. The molecule has 0 saturated heterocycles. The zero-order valence-electron chi connectivity index (χ0n) is 14.9. The van der Waals surface area contributed by atoms with Gasteiger partial charge in [-0.05, 0) is 23.8 Å². The molecule has 0 fully saturated rings. The summed E-state index contributed by atoms with van der Waals surface area (Å²) in [4.78, 5) is 28.6. The van der Waals surface area contributed by atoms with Crippen LogP contribution in [0.5, 0.6) is 5.75 Å². The highest BCUT2D eigenvalue weighted by molar-refractivity contribution is 7.15. The van der Waals surface area contributed by atoms with Crippen molar-refractivity contribution in [3.63, 3.8) is 0 Å². The summed E-state index contributed by atoms with van der Waals surface area (Å²) in [6.45, 7) is -0.374. The zero-order chi connectivity index (χ0) is 19.8. The third-order valence-electron chi connectivity index (χ3n) is 3.68. The highest BCUT2D eigenvalue weighted by Gasteiger charge is 2.10. The summed E-state index contributed by atoms with van der Waals surface area (Å²) in [5.41, 5.74) is 0.565. The molecule has 0 atom stereocenters. The van der Waals surface area contributed by atoms with Crippen LogP contribution in [0.15, 0.2) is 60.8 Å². The Balaban J connectivity index is 1.42. The Hall–Kier alpha value is -3.26. The topological polar surface area (TPSA) is 80.3 Å². The fourth-order valence-electron chi connectivity index (χ4n) is 2.34. The van der Waals surface area contributed by atoms with Gasteiger partial charge in [-0.1, -0.05) is 36.4 Å². The summed E-state index contributed by atoms with van der Waals surface area (Å²) >= 11 is 1.26. The van der Waals surface area contributed by atoms with Crippen LogP contribution < -0.4 is 15.4 Å². The largest absolute Gasteiger partial charge is 0.484 e. The number of anilines is 1. The number of aromatic nitrogens is 1. The molecular weight excluding hydrogens is 381 g/mol. The molecule has 2 amide bonds. The van der Waals surface area contributed by atoms with E-state index in [0.29, 0.717) is 22.9 Å². The molecule has 0 unspecified atom stereocenters. The number of halogens is 1. The van der Waals surface area contributed by atoms with Crippen molar-refractivity contribution < 1.29 is 18.7 Å². The molecule has 0 aliphatic rings. The fraction of sp³-hybridized carbons (Fsp3) is 0.150. The summed E-state index contributed by atoms with van der Waals surface area (Å²) in [7, 11) is 0. The molecule has 3 aromatic rings. The third kappa shape index (κ3) is 5.88. The first-order valence-corrected chi connectivity index (χ1v) is 9.34.